The van der Waals surface area contributed by atoms with Gasteiger partial charge in [-0.05, 0) is 37.5 Å². The van der Waals surface area contributed by atoms with Crippen molar-refractivity contribution in [2.75, 3.05) is 19.7 Å². The van der Waals surface area contributed by atoms with Crippen LogP contribution in [-0.2, 0) is 14.3 Å². The highest BCUT2D eigenvalue weighted by Crippen LogP contribution is 2.34. The van der Waals surface area contributed by atoms with E-state index in [-0.39, 0.29) is 17.9 Å². The molecule has 1 amide bonds. The maximum atomic E-state index is 12.4. The monoisotopic (exact) mass is 337 g/mol. The van der Waals surface area contributed by atoms with Crippen LogP contribution in [0.2, 0.25) is 0 Å². The van der Waals surface area contributed by atoms with Crippen LogP contribution in [0.25, 0.3) is 0 Å². The minimum absolute atomic E-state index is 0.151. The molecule has 0 aromatic rings. The van der Waals surface area contributed by atoms with Crippen LogP contribution in [0.4, 0.5) is 0 Å². The molecule has 2 aliphatic heterocycles. The number of hydrogen-bond acceptors (Lipinski definition) is 3. The minimum atomic E-state index is -0.733. The molecular weight excluding hydrogens is 306 g/mol. The Bertz CT molecular complexity index is 439. The lowest BCUT2D eigenvalue weighted by atomic mass is 9.84. The Morgan fingerprint density at radius 1 is 1.00 bits per heavy atom. The molecule has 1 unspecified atom stereocenters. The number of aliphatic carboxylic acids is 1. The average molecular weight is 337 g/mol. The van der Waals surface area contributed by atoms with Crippen molar-refractivity contribution in [1.82, 2.24) is 4.90 Å². The molecule has 0 aromatic carbocycles. The molecule has 1 N–H and O–H groups in total. The van der Waals surface area contributed by atoms with Crippen molar-refractivity contribution in [3.8, 4) is 0 Å². The predicted octanol–water partition coefficient (Wildman–Crippen LogP) is 3.08. The van der Waals surface area contributed by atoms with Crippen LogP contribution in [0.1, 0.15) is 64.2 Å². The molecule has 3 aliphatic rings. The van der Waals surface area contributed by atoms with Crippen LogP contribution in [0.3, 0.4) is 0 Å². The van der Waals surface area contributed by atoms with Crippen molar-refractivity contribution >= 4 is 11.9 Å². The van der Waals surface area contributed by atoms with Gasteiger partial charge in [-0.1, -0.05) is 32.1 Å². The fourth-order valence-corrected chi connectivity index (χ4v) is 4.78. The first-order valence-corrected chi connectivity index (χ1v) is 9.77. The van der Waals surface area contributed by atoms with Gasteiger partial charge in [0.15, 0.2) is 0 Å². The van der Waals surface area contributed by atoms with Crippen LogP contribution in [0.15, 0.2) is 0 Å². The van der Waals surface area contributed by atoms with Gasteiger partial charge in [0.25, 0.3) is 0 Å². The molecule has 0 spiro atoms. The van der Waals surface area contributed by atoms with Gasteiger partial charge in [-0.25, -0.2) is 0 Å². The number of rotatable bonds is 5. The molecule has 5 nitrogen and oxygen atoms in total. The Hall–Kier alpha value is -1.10. The van der Waals surface area contributed by atoms with Gasteiger partial charge in [-0.3, -0.25) is 9.59 Å². The maximum absolute atomic E-state index is 12.4. The second-order valence-corrected chi connectivity index (χ2v) is 7.83. The van der Waals surface area contributed by atoms with E-state index in [0.29, 0.717) is 25.4 Å². The van der Waals surface area contributed by atoms with Crippen LogP contribution < -0.4 is 0 Å². The lowest BCUT2D eigenvalue weighted by molar-refractivity contribution is -0.146. The summed E-state index contributed by atoms with van der Waals surface area (Å²) in [5.41, 5.74) is 0. The van der Waals surface area contributed by atoms with Crippen LogP contribution in [-0.4, -0.2) is 47.7 Å². The summed E-state index contributed by atoms with van der Waals surface area (Å²) in [6, 6.07) is 0. The number of hydrogen-bond donors (Lipinski definition) is 1. The van der Waals surface area contributed by atoms with Gasteiger partial charge in [-0.15, -0.1) is 0 Å². The molecule has 3 fully saturated rings. The van der Waals surface area contributed by atoms with Crippen LogP contribution >= 0.6 is 0 Å². The standard InChI is InChI=1S/C19H31NO4/c21-17(7-6-14-4-2-1-3-5-14)20-11-8-15(9-12-20)18-16(19(22)23)10-13-24-18/h14-16,18H,1-13H2,(H,22,23)/t16?,18-/m0/s1. The molecule has 0 aromatic heterocycles. The lowest BCUT2D eigenvalue weighted by Crippen LogP contribution is -2.43. The third-order valence-corrected chi connectivity index (χ3v) is 6.30. The topological polar surface area (TPSA) is 66.8 Å². The highest BCUT2D eigenvalue weighted by molar-refractivity contribution is 5.76. The second-order valence-electron chi connectivity index (χ2n) is 7.83. The third kappa shape index (κ3) is 4.29. The zero-order valence-corrected chi connectivity index (χ0v) is 14.6. The van der Waals surface area contributed by atoms with E-state index in [1.807, 2.05) is 4.90 Å². The summed E-state index contributed by atoms with van der Waals surface area (Å²) in [6.07, 6.45) is 10.6. The van der Waals surface area contributed by atoms with Gasteiger partial charge in [0.2, 0.25) is 5.91 Å². The smallest absolute Gasteiger partial charge is 0.309 e. The van der Waals surface area contributed by atoms with E-state index >= 15 is 0 Å². The Kier molecular flexibility index (Phi) is 6.14. The first-order valence-electron chi connectivity index (χ1n) is 9.77. The fourth-order valence-electron chi connectivity index (χ4n) is 4.78. The Balaban J connectivity index is 1.41. The number of piperidine rings is 1. The van der Waals surface area contributed by atoms with E-state index in [4.69, 9.17) is 4.74 Å². The molecule has 3 rings (SSSR count). The molecule has 136 valence electrons. The number of carbonyl (C=O) groups excluding carboxylic acids is 1. The molecule has 5 heteroatoms. The van der Waals surface area contributed by atoms with Gasteiger partial charge in [0, 0.05) is 26.1 Å². The summed E-state index contributed by atoms with van der Waals surface area (Å²) in [4.78, 5) is 25.8. The molecule has 1 saturated carbocycles. The fraction of sp³-hybridized carbons (Fsp3) is 0.895. The van der Waals surface area contributed by atoms with Gasteiger partial charge < -0.3 is 14.7 Å². The van der Waals surface area contributed by atoms with Gasteiger partial charge in [0.1, 0.15) is 0 Å². The quantitative estimate of drug-likeness (QED) is 0.837. The number of carbonyl (C=O) groups is 2. The van der Waals surface area contributed by atoms with Gasteiger partial charge >= 0.3 is 5.97 Å². The summed E-state index contributed by atoms with van der Waals surface area (Å²) >= 11 is 0. The van der Waals surface area contributed by atoms with Crippen molar-refractivity contribution in [1.29, 1.82) is 0 Å². The Labute approximate surface area is 144 Å². The molecule has 0 radical (unpaired) electrons. The van der Waals surface area contributed by atoms with E-state index < -0.39 is 5.97 Å². The Morgan fingerprint density at radius 2 is 1.71 bits per heavy atom. The minimum Gasteiger partial charge on any atom is -0.481 e. The Morgan fingerprint density at radius 3 is 2.38 bits per heavy atom. The van der Waals surface area contributed by atoms with E-state index in [9.17, 15) is 14.7 Å². The molecular formula is C19H31NO4. The molecule has 1 aliphatic carbocycles. The highest BCUT2D eigenvalue weighted by atomic mass is 16.5. The maximum Gasteiger partial charge on any atom is 0.309 e. The summed E-state index contributed by atoms with van der Waals surface area (Å²) < 4.78 is 5.70. The lowest BCUT2D eigenvalue weighted by Gasteiger charge is -2.36. The summed E-state index contributed by atoms with van der Waals surface area (Å²) in [5, 5.41) is 9.30. The summed E-state index contributed by atoms with van der Waals surface area (Å²) in [7, 11) is 0. The van der Waals surface area contributed by atoms with Crippen LogP contribution in [0, 0.1) is 17.8 Å². The number of carboxylic acid groups (broad SMARTS) is 1. The second kappa shape index (κ2) is 8.32. The zero-order valence-electron chi connectivity index (χ0n) is 14.6. The number of ether oxygens (including phenoxy) is 1. The first-order chi connectivity index (χ1) is 11.6. The molecule has 2 atom stereocenters. The number of nitrogens with zero attached hydrogens (tertiary/aromatic N) is 1. The molecule has 2 heterocycles. The van der Waals surface area contributed by atoms with Crippen molar-refractivity contribution in [2.24, 2.45) is 17.8 Å². The SMILES string of the molecule is O=C(O)C1CCO[C@H]1C1CCN(C(=O)CCC2CCCCC2)CC1. The summed E-state index contributed by atoms with van der Waals surface area (Å²) in [6.45, 7) is 2.09. The van der Waals surface area contributed by atoms with E-state index in [0.717, 1.165) is 38.3 Å². The largest absolute Gasteiger partial charge is 0.481 e. The number of likely N-dealkylation sites (tertiary alicyclic amines) is 1. The van der Waals surface area contributed by atoms with E-state index in [1.165, 1.54) is 32.1 Å². The summed E-state index contributed by atoms with van der Waals surface area (Å²) in [5.74, 6) is 0.243. The van der Waals surface area contributed by atoms with Gasteiger partial charge in [-0.2, -0.15) is 0 Å². The predicted molar refractivity (Wildman–Crippen MR) is 90.6 cm³/mol. The van der Waals surface area contributed by atoms with Crippen molar-refractivity contribution in [2.45, 2.75) is 70.3 Å². The van der Waals surface area contributed by atoms with Crippen molar-refractivity contribution in [3.63, 3.8) is 0 Å². The zero-order chi connectivity index (χ0) is 16.9. The third-order valence-electron chi connectivity index (χ3n) is 6.30. The molecule has 0 bridgehead atoms. The number of carboxylic acids is 1. The molecule has 24 heavy (non-hydrogen) atoms. The highest BCUT2D eigenvalue weighted by Gasteiger charge is 2.40. The average Bonchev–Trinajstić information content (AvgIpc) is 3.11. The molecule has 2 saturated heterocycles. The van der Waals surface area contributed by atoms with Crippen molar-refractivity contribution in [3.05, 3.63) is 0 Å². The number of amides is 1. The van der Waals surface area contributed by atoms with Crippen LogP contribution in [0.5, 0.6) is 0 Å². The normalized spacial score (nSPS) is 29.8. The van der Waals surface area contributed by atoms with E-state index in [2.05, 4.69) is 0 Å². The first kappa shape index (κ1) is 17.7. The van der Waals surface area contributed by atoms with Crippen molar-refractivity contribution < 1.29 is 19.4 Å². The van der Waals surface area contributed by atoms with Gasteiger partial charge in [0.05, 0.1) is 12.0 Å². The van der Waals surface area contributed by atoms with E-state index in [1.54, 1.807) is 0 Å².